The number of hydrogen-bond acceptors (Lipinski definition) is 5. The van der Waals surface area contributed by atoms with Crippen molar-refractivity contribution in [2.45, 2.75) is 19.3 Å². The van der Waals surface area contributed by atoms with Crippen molar-refractivity contribution in [1.29, 1.82) is 0 Å². The molecule has 2 N–H and O–H groups in total. The van der Waals surface area contributed by atoms with Gasteiger partial charge in [0.25, 0.3) is 10.1 Å². The lowest BCUT2D eigenvalue weighted by Gasteiger charge is -2.08. The van der Waals surface area contributed by atoms with Gasteiger partial charge in [0.05, 0.1) is 0 Å². The number of carbonyl (C=O) groups is 2. The van der Waals surface area contributed by atoms with Gasteiger partial charge in [0.1, 0.15) is 12.4 Å². The number of carbonyl (C=O) groups excluding carboxylic acids is 2. The normalized spacial score (nSPS) is 11.2. The van der Waals surface area contributed by atoms with Gasteiger partial charge in [-0.15, -0.1) is 0 Å². The van der Waals surface area contributed by atoms with Crippen LogP contribution in [0.2, 0.25) is 0 Å². The van der Waals surface area contributed by atoms with Gasteiger partial charge in [-0.05, 0) is 86.3 Å². The zero-order chi connectivity index (χ0) is 18.3. The zero-order valence-corrected chi connectivity index (χ0v) is 19.5. The summed E-state index contributed by atoms with van der Waals surface area (Å²) in [5.41, 5.74) is 0.699. The number of esters is 1. The molecule has 134 valence electrons. The third-order valence-corrected chi connectivity index (χ3v) is 8.27. The van der Waals surface area contributed by atoms with Gasteiger partial charge in [-0.25, -0.2) is 0 Å². The van der Waals surface area contributed by atoms with Crippen LogP contribution in [0.25, 0.3) is 0 Å². The maximum Gasteiger partial charge on any atom is 0.305 e. The van der Waals surface area contributed by atoms with Crippen molar-refractivity contribution in [3.05, 3.63) is 22.8 Å². The SMILES string of the molecule is O=C(CCCC(=O)OCCS(=O)(=O)O)Nc1cc(I)c(I)c(I)c1. The van der Waals surface area contributed by atoms with E-state index in [0.717, 1.165) is 10.7 Å². The molecule has 0 aliphatic carbocycles. The van der Waals surface area contributed by atoms with E-state index in [1.165, 1.54) is 0 Å². The highest BCUT2D eigenvalue weighted by atomic mass is 127. The molecule has 1 aromatic rings. The molecule has 7 nitrogen and oxygen atoms in total. The summed E-state index contributed by atoms with van der Waals surface area (Å²) < 4.78 is 37.3. The lowest BCUT2D eigenvalue weighted by Crippen LogP contribution is -2.16. The highest BCUT2D eigenvalue weighted by molar-refractivity contribution is 14.1. The van der Waals surface area contributed by atoms with Crippen LogP contribution in [0.4, 0.5) is 5.69 Å². The molecule has 0 spiro atoms. The van der Waals surface area contributed by atoms with E-state index in [4.69, 9.17) is 4.55 Å². The van der Waals surface area contributed by atoms with Gasteiger partial charge in [-0.3, -0.25) is 14.1 Å². The van der Waals surface area contributed by atoms with Gasteiger partial charge in [0, 0.05) is 29.2 Å². The standard InChI is InChI=1S/C13H14I3NO6S/c14-9-6-8(7-10(15)13(9)16)17-11(18)2-1-3-12(19)23-4-5-24(20,21)22/h6-7H,1-5H2,(H,17,18)(H,20,21,22). The second-order valence-corrected chi connectivity index (χ2v) is 9.64. The molecule has 24 heavy (non-hydrogen) atoms. The Balaban J connectivity index is 2.33. The summed E-state index contributed by atoms with van der Waals surface area (Å²) >= 11 is 6.62. The molecule has 0 fully saturated rings. The maximum atomic E-state index is 11.9. The molecular weight excluding hydrogens is 679 g/mol. The lowest BCUT2D eigenvalue weighted by molar-refractivity contribution is -0.143. The molecular formula is C13H14I3NO6S. The van der Waals surface area contributed by atoms with Crippen LogP contribution < -0.4 is 5.32 Å². The van der Waals surface area contributed by atoms with Crippen LogP contribution in [0.5, 0.6) is 0 Å². The number of halogens is 3. The minimum Gasteiger partial charge on any atom is -0.464 e. The highest BCUT2D eigenvalue weighted by Gasteiger charge is 2.11. The Kier molecular flexibility index (Phi) is 9.68. The molecule has 0 saturated carbocycles. The van der Waals surface area contributed by atoms with E-state index in [9.17, 15) is 18.0 Å². The highest BCUT2D eigenvalue weighted by Crippen LogP contribution is 2.25. The maximum absolute atomic E-state index is 11.9. The molecule has 1 aromatic carbocycles. The number of rotatable bonds is 8. The van der Waals surface area contributed by atoms with Crippen LogP contribution in [0.1, 0.15) is 19.3 Å². The Labute approximate surface area is 180 Å². The van der Waals surface area contributed by atoms with Crippen molar-refractivity contribution in [1.82, 2.24) is 0 Å². The van der Waals surface area contributed by atoms with Crippen LogP contribution in [0, 0.1) is 10.7 Å². The quantitative estimate of drug-likeness (QED) is 0.188. The van der Waals surface area contributed by atoms with Crippen LogP contribution in [0.3, 0.4) is 0 Å². The summed E-state index contributed by atoms with van der Waals surface area (Å²) in [7, 11) is -4.14. The van der Waals surface area contributed by atoms with Crippen LogP contribution in [0.15, 0.2) is 12.1 Å². The predicted molar refractivity (Wildman–Crippen MR) is 114 cm³/mol. The molecule has 0 bridgehead atoms. The Bertz CT molecular complexity index is 699. The number of benzene rings is 1. The largest absolute Gasteiger partial charge is 0.464 e. The Morgan fingerprint density at radius 1 is 1.12 bits per heavy atom. The first kappa shape index (κ1) is 22.3. The van der Waals surface area contributed by atoms with Gasteiger partial charge in [0.15, 0.2) is 0 Å². The first-order chi connectivity index (χ1) is 11.1. The summed E-state index contributed by atoms with van der Waals surface area (Å²) in [6.45, 7) is -0.399. The van der Waals surface area contributed by atoms with E-state index >= 15 is 0 Å². The Morgan fingerprint density at radius 3 is 2.25 bits per heavy atom. The molecule has 1 rings (SSSR count). The smallest absolute Gasteiger partial charge is 0.305 e. The van der Waals surface area contributed by atoms with E-state index in [2.05, 4.69) is 77.8 Å². The van der Waals surface area contributed by atoms with Gasteiger partial charge in [-0.2, -0.15) is 8.42 Å². The Morgan fingerprint density at radius 2 is 1.71 bits per heavy atom. The minimum atomic E-state index is -4.14. The molecule has 0 aliphatic heterocycles. The fourth-order valence-electron chi connectivity index (χ4n) is 1.58. The summed E-state index contributed by atoms with van der Waals surface area (Å²) in [5.74, 6) is -1.46. The first-order valence-corrected chi connectivity index (χ1v) is 11.5. The topological polar surface area (TPSA) is 110 Å². The van der Waals surface area contributed by atoms with Gasteiger partial charge in [0.2, 0.25) is 5.91 Å². The summed E-state index contributed by atoms with van der Waals surface area (Å²) in [6, 6.07) is 3.73. The lowest BCUT2D eigenvalue weighted by atomic mass is 10.2. The molecule has 0 atom stereocenters. The van der Waals surface area contributed by atoms with Gasteiger partial charge in [-0.1, -0.05) is 0 Å². The van der Waals surface area contributed by atoms with Crippen molar-refractivity contribution in [3.8, 4) is 0 Å². The van der Waals surface area contributed by atoms with Crippen molar-refractivity contribution in [2.75, 3.05) is 17.7 Å². The number of hydrogen-bond donors (Lipinski definition) is 2. The van der Waals surface area contributed by atoms with Crippen molar-refractivity contribution in [3.63, 3.8) is 0 Å². The average molecular weight is 693 g/mol. The number of anilines is 1. The van der Waals surface area contributed by atoms with E-state index < -0.39 is 28.4 Å². The molecule has 1 amide bonds. The third kappa shape index (κ3) is 9.10. The van der Waals surface area contributed by atoms with Crippen LogP contribution in [-0.2, 0) is 24.4 Å². The molecule has 0 aliphatic rings. The average Bonchev–Trinajstić information content (AvgIpc) is 2.43. The van der Waals surface area contributed by atoms with E-state index in [0.29, 0.717) is 5.69 Å². The second kappa shape index (κ2) is 10.4. The minimum absolute atomic E-state index is 0.000648. The number of amides is 1. The summed E-state index contributed by atoms with van der Waals surface area (Å²) in [5, 5.41) is 2.77. The molecule has 0 saturated heterocycles. The van der Waals surface area contributed by atoms with E-state index in [-0.39, 0.29) is 25.2 Å². The summed E-state index contributed by atoms with van der Waals surface area (Å²) in [6.07, 6.45) is 0.433. The van der Waals surface area contributed by atoms with E-state index in [1.807, 2.05) is 12.1 Å². The van der Waals surface area contributed by atoms with Crippen molar-refractivity contribution in [2.24, 2.45) is 0 Å². The predicted octanol–water partition coefficient (Wildman–Crippen LogP) is 3.04. The molecule has 0 unspecified atom stereocenters. The zero-order valence-electron chi connectivity index (χ0n) is 12.2. The molecule has 0 heterocycles. The molecule has 0 radical (unpaired) electrons. The Hall–Kier alpha value is 0.260. The van der Waals surface area contributed by atoms with E-state index in [1.54, 1.807) is 0 Å². The second-order valence-electron chi connectivity index (χ2n) is 4.66. The van der Waals surface area contributed by atoms with Gasteiger partial charge < -0.3 is 10.1 Å². The van der Waals surface area contributed by atoms with Gasteiger partial charge >= 0.3 is 5.97 Å². The molecule has 11 heteroatoms. The fraction of sp³-hybridized carbons (Fsp3) is 0.385. The first-order valence-electron chi connectivity index (χ1n) is 6.63. The van der Waals surface area contributed by atoms with Crippen molar-refractivity contribution < 1.29 is 27.3 Å². The number of ether oxygens (including phenoxy) is 1. The third-order valence-electron chi connectivity index (χ3n) is 2.66. The van der Waals surface area contributed by atoms with Crippen molar-refractivity contribution >= 4 is 95.5 Å². The summed E-state index contributed by atoms with van der Waals surface area (Å²) in [4.78, 5) is 23.2. The van der Waals surface area contributed by atoms with Crippen LogP contribution in [-0.4, -0.2) is 37.2 Å². The fourth-order valence-corrected chi connectivity index (χ4v) is 3.95. The molecule has 0 aromatic heterocycles. The van der Waals surface area contributed by atoms with Crippen LogP contribution >= 0.6 is 67.8 Å². The number of nitrogens with one attached hydrogen (secondary N) is 1. The monoisotopic (exact) mass is 693 g/mol.